The Morgan fingerprint density at radius 2 is 2.00 bits per heavy atom. The molecule has 0 radical (unpaired) electrons. The number of aryl methyl sites for hydroxylation is 1. The van der Waals surface area contributed by atoms with Crippen LogP contribution in [0, 0.1) is 13.8 Å². The molecule has 1 rings (SSSR count). The van der Waals surface area contributed by atoms with Gasteiger partial charge in [0.2, 0.25) is 0 Å². The van der Waals surface area contributed by atoms with E-state index >= 15 is 0 Å². The van der Waals surface area contributed by atoms with Crippen molar-refractivity contribution in [2.45, 2.75) is 27.2 Å². The molecule has 0 aliphatic carbocycles. The maximum absolute atomic E-state index is 12.1. The van der Waals surface area contributed by atoms with Gasteiger partial charge in [-0.15, -0.1) is 11.3 Å². The van der Waals surface area contributed by atoms with Crippen LogP contribution >= 0.6 is 11.3 Å². The van der Waals surface area contributed by atoms with E-state index in [0.717, 1.165) is 4.88 Å². The van der Waals surface area contributed by atoms with Gasteiger partial charge < -0.3 is 15.1 Å². The average molecular weight is 300 g/mol. The summed E-state index contributed by atoms with van der Waals surface area (Å²) in [7, 11) is 0. The Hall–Kier alpha value is -1.60. The van der Waals surface area contributed by atoms with E-state index in [9.17, 15) is 14.7 Å². The van der Waals surface area contributed by atoms with Gasteiger partial charge in [-0.1, -0.05) is 0 Å². The van der Waals surface area contributed by atoms with E-state index in [-0.39, 0.29) is 18.2 Å². The van der Waals surface area contributed by atoms with E-state index in [1.165, 1.54) is 16.2 Å². The summed E-state index contributed by atoms with van der Waals surface area (Å²) in [5.74, 6) is -1.04. The minimum atomic E-state index is -1.04. The van der Waals surface area contributed by atoms with Gasteiger partial charge in [-0.25, -0.2) is 9.59 Å². The summed E-state index contributed by atoms with van der Waals surface area (Å²) in [5.41, 5.74) is 0.829. The summed E-state index contributed by atoms with van der Waals surface area (Å²) in [6.45, 7) is 6.34. The number of nitrogens with zero attached hydrogens (tertiary/aromatic N) is 1. The van der Waals surface area contributed by atoms with E-state index < -0.39 is 5.97 Å². The SMILES string of the molecule is CCN(CCCO)C(=O)Nc1sc(C)c(C)c1C(=O)O. The number of hydrogen-bond donors (Lipinski definition) is 3. The van der Waals surface area contributed by atoms with E-state index in [4.69, 9.17) is 5.11 Å². The van der Waals surface area contributed by atoms with E-state index in [0.29, 0.717) is 30.1 Å². The Kier molecular flexibility index (Phi) is 5.97. The van der Waals surface area contributed by atoms with Gasteiger partial charge in [0.15, 0.2) is 0 Å². The number of amides is 2. The van der Waals surface area contributed by atoms with Crippen molar-refractivity contribution >= 4 is 28.3 Å². The molecule has 0 spiro atoms. The topological polar surface area (TPSA) is 89.9 Å². The number of aliphatic hydroxyl groups excluding tert-OH is 1. The number of thiophene rings is 1. The molecule has 3 N–H and O–H groups in total. The largest absolute Gasteiger partial charge is 0.478 e. The second-order valence-electron chi connectivity index (χ2n) is 4.38. The Bertz CT molecular complexity index is 499. The van der Waals surface area contributed by atoms with Crippen molar-refractivity contribution in [2.24, 2.45) is 0 Å². The van der Waals surface area contributed by atoms with Gasteiger partial charge in [0.25, 0.3) is 0 Å². The normalized spacial score (nSPS) is 10.4. The third-order valence-electron chi connectivity index (χ3n) is 3.07. The van der Waals surface area contributed by atoms with Gasteiger partial charge in [0.1, 0.15) is 5.00 Å². The molecule has 20 heavy (non-hydrogen) atoms. The molecule has 0 saturated carbocycles. The lowest BCUT2D eigenvalue weighted by Crippen LogP contribution is -2.36. The molecule has 2 amide bonds. The predicted molar refractivity (Wildman–Crippen MR) is 78.7 cm³/mol. The van der Waals surface area contributed by atoms with Crippen molar-refractivity contribution in [1.29, 1.82) is 0 Å². The molecule has 0 aliphatic rings. The molecule has 0 unspecified atom stereocenters. The number of nitrogens with one attached hydrogen (secondary N) is 1. The molecule has 1 aromatic rings. The zero-order valence-corrected chi connectivity index (χ0v) is 12.7. The molecule has 0 saturated heterocycles. The molecular weight excluding hydrogens is 280 g/mol. The highest BCUT2D eigenvalue weighted by molar-refractivity contribution is 7.16. The molecule has 0 atom stereocenters. The minimum Gasteiger partial charge on any atom is -0.478 e. The molecule has 112 valence electrons. The third kappa shape index (κ3) is 3.71. The van der Waals surface area contributed by atoms with Crippen LogP contribution in [-0.4, -0.2) is 46.8 Å². The molecule has 1 heterocycles. The minimum absolute atomic E-state index is 0.0153. The van der Waals surface area contributed by atoms with Gasteiger partial charge in [0, 0.05) is 24.6 Å². The van der Waals surface area contributed by atoms with Crippen LogP contribution in [0.5, 0.6) is 0 Å². The number of aromatic carboxylic acids is 1. The molecule has 0 aromatic carbocycles. The fourth-order valence-electron chi connectivity index (χ4n) is 1.81. The Labute approximate surface area is 122 Å². The van der Waals surface area contributed by atoms with E-state index in [1.54, 1.807) is 6.92 Å². The second-order valence-corrected chi connectivity index (χ2v) is 5.60. The smallest absolute Gasteiger partial charge is 0.338 e. The zero-order valence-electron chi connectivity index (χ0n) is 11.9. The first kappa shape index (κ1) is 16.5. The highest BCUT2D eigenvalue weighted by Gasteiger charge is 2.21. The van der Waals surface area contributed by atoms with Crippen LogP contribution in [0.15, 0.2) is 0 Å². The van der Waals surface area contributed by atoms with E-state index in [1.807, 2.05) is 13.8 Å². The number of carbonyl (C=O) groups excluding carboxylic acids is 1. The Balaban J connectivity index is 2.89. The average Bonchev–Trinajstić information content (AvgIpc) is 2.65. The van der Waals surface area contributed by atoms with Gasteiger partial charge >= 0.3 is 12.0 Å². The summed E-state index contributed by atoms with van der Waals surface area (Å²) in [6, 6.07) is -0.343. The number of carbonyl (C=O) groups is 2. The first-order valence-electron chi connectivity index (χ1n) is 6.42. The number of carboxylic acids is 1. The van der Waals surface area contributed by atoms with Crippen LogP contribution in [0.4, 0.5) is 9.80 Å². The van der Waals surface area contributed by atoms with Crippen LogP contribution in [-0.2, 0) is 0 Å². The number of carboxylic acid groups (broad SMARTS) is 1. The molecule has 0 aliphatic heterocycles. The summed E-state index contributed by atoms with van der Waals surface area (Å²) in [6.07, 6.45) is 0.496. The fraction of sp³-hybridized carbons (Fsp3) is 0.538. The lowest BCUT2D eigenvalue weighted by Gasteiger charge is -2.20. The quantitative estimate of drug-likeness (QED) is 0.752. The predicted octanol–water partition coefficient (Wildman–Crippen LogP) is 2.30. The number of urea groups is 1. The Morgan fingerprint density at radius 1 is 1.35 bits per heavy atom. The fourth-order valence-corrected chi connectivity index (χ4v) is 2.86. The van der Waals surface area contributed by atoms with Gasteiger partial charge in [-0.2, -0.15) is 0 Å². The molecule has 0 bridgehead atoms. The summed E-state index contributed by atoms with van der Waals surface area (Å²) in [5, 5.41) is 21.0. The third-order valence-corrected chi connectivity index (χ3v) is 4.20. The van der Waals surface area contributed by atoms with Crippen LogP contribution < -0.4 is 5.32 Å². The van der Waals surface area contributed by atoms with Crippen LogP contribution in [0.2, 0.25) is 0 Å². The standard InChI is InChI=1S/C13H20N2O4S/c1-4-15(6-5-7-16)13(19)14-11-10(12(17)18)8(2)9(3)20-11/h16H,4-7H2,1-3H3,(H,14,19)(H,17,18). The number of aliphatic hydroxyl groups is 1. The van der Waals surface area contributed by atoms with Crippen LogP contribution in [0.25, 0.3) is 0 Å². The van der Waals surface area contributed by atoms with Gasteiger partial charge in [-0.3, -0.25) is 5.32 Å². The van der Waals surface area contributed by atoms with E-state index in [2.05, 4.69) is 5.32 Å². The summed E-state index contributed by atoms with van der Waals surface area (Å²) < 4.78 is 0. The van der Waals surface area contributed by atoms with Crippen LogP contribution in [0.1, 0.15) is 34.1 Å². The maximum Gasteiger partial charge on any atom is 0.338 e. The Morgan fingerprint density at radius 3 is 2.50 bits per heavy atom. The molecule has 7 heteroatoms. The molecule has 6 nitrogen and oxygen atoms in total. The number of hydrogen-bond acceptors (Lipinski definition) is 4. The lowest BCUT2D eigenvalue weighted by molar-refractivity contribution is 0.0697. The highest BCUT2D eigenvalue weighted by Crippen LogP contribution is 2.32. The number of anilines is 1. The first-order valence-corrected chi connectivity index (χ1v) is 7.24. The number of rotatable bonds is 6. The first-order chi connectivity index (χ1) is 9.42. The maximum atomic E-state index is 12.1. The summed E-state index contributed by atoms with van der Waals surface area (Å²) in [4.78, 5) is 25.8. The van der Waals surface area contributed by atoms with Crippen molar-refractivity contribution in [3.8, 4) is 0 Å². The monoisotopic (exact) mass is 300 g/mol. The van der Waals surface area contributed by atoms with Gasteiger partial charge in [0.05, 0.1) is 5.56 Å². The van der Waals surface area contributed by atoms with Crippen molar-refractivity contribution in [3.63, 3.8) is 0 Å². The highest BCUT2D eigenvalue weighted by atomic mass is 32.1. The van der Waals surface area contributed by atoms with Crippen LogP contribution in [0.3, 0.4) is 0 Å². The van der Waals surface area contributed by atoms with Crippen molar-refractivity contribution in [2.75, 3.05) is 25.0 Å². The summed E-state index contributed by atoms with van der Waals surface area (Å²) >= 11 is 1.26. The molecule has 1 aromatic heterocycles. The zero-order chi connectivity index (χ0) is 15.3. The van der Waals surface area contributed by atoms with Crippen molar-refractivity contribution < 1.29 is 19.8 Å². The van der Waals surface area contributed by atoms with Gasteiger partial charge in [-0.05, 0) is 32.8 Å². The second kappa shape index (κ2) is 7.25. The molecular formula is C13H20N2O4S. The van der Waals surface area contributed by atoms with Crippen molar-refractivity contribution in [3.05, 3.63) is 16.0 Å². The lowest BCUT2D eigenvalue weighted by atomic mass is 10.1. The van der Waals surface area contributed by atoms with Crippen molar-refractivity contribution in [1.82, 2.24) is 4.90 Å². The molecule has 0 fully saturated rings.